The second kappa shape index (κ2) is 4.72. The van der Waals surface area contributed by atoms with Crippen molar-refractivity contribution in [1.29, 1.82) is 0 Å². The normalized spacial score (nSPS) is 20.9. The van der Waals surface area contributed by atoms with Crippen LogP contribution in [0.5, 0.6) is 0 Å². The molecule has 0 saturated heterocycles. The summed E-state index contributed by atoms with van der Waals surface area (Å²) in [6, 6.07) is 3.21. The van der Waals surface area contributed by atoms with Crippen molar-refractivity contribution >= 4 is 11.9 Å². The fourth-order valence-electron chi connectivity index (χ4n) is 2.30. The molecule has 0 bridgehead atoms. The van der Waals surface area contributed by atoms with Crippen LogP contribution in [0.1, 0.15) is 11.6 Å². The molecule has 2 aromatic rings. The Morgan fingerprint density at radius 1 is 1.55 bits per heavy atom. The summed E-state index contributed by atoms with van der Waals surface area (Å²) in [5.41, 5.74) is 1.30. The summed E-state index contributed by atoms with van der Waals surface area (Å²) < 4.78 is 6.40. The van der Waals surface area contributed by atoms with Gasteiger partial charge in [-0.05, 0) is 22.1 Å². The van der Waals surface area contributed by atoms with Gasteiger partial charge in [-0.2, -0.15) is 0 Å². The number of hydrogen-bond donors (Lipinski definition) is 1. The van der Waals surface area contributed by atoms with E-state index in [1.165, 1.54) is 11.8 Å². The van der Waals surface area contributed by atoms with Crippen molar-refractivity contribution in [2.45, 2.75) is 6.04 Å². The van der Waals surface area contributed by atoms with E-state index in [0.717, 1.165) is 5.56 Å². The van der Waals surface area contributed by atoms with Crippen LogP contribution >= 0.6 is 0 Å². The predicted octanol–water partition coefficient (Wildman–Crippen LogP) is 0.386. The summed E-state index contributed by atoms with van der Waals surface area (Å²) in [7, 11) is 1.34. The number of ether oxygens (including phenoxy) is 1. The average Bonchev–Trinajstić information content (AvgIpc) is 2.93. The molecular weight excluding hydrogens is 260 g/mol. The quantitative estimate of drug-likeness (QED) is 0.790. The van der Waals surface area contributed by atoms with Crippen LogP contribution in [0, 0.1) is 5.92 Å². The molecule has 0 spiro atoms. The van der Waals surface area contributed by atoms with Crippen molar-refractivity contribution in [3.05, 3.63) is 42.4 Å². The molecule has 1 aliphatic heterocycles. The maximum Gasteiger partial charge on any atom is 0.317 e. The zero-order valence-electron chi connectivity index (χ0n) is 10.7. The van der Waals surface area contributed by atoms with Crippen molar-refractivity contribution in [1.82, 2.24) is 25.2 Å². The highest BCUT2D eigenvalue weighted by molar-refractivity contribution is 5.78. The van der Waals surface area contributed by atoms with Gasteiger partial charge in [0.2, 0.25) is 5.95 Å². The lowest BCUT2D eigenvalue weighted by Crippen LogP contribution is -2.37. The van der Waals surface area contributed by atoms with Crippen molar-refractivity contribution in [2.75, 3.05) is 12.4 Å². The number of esters is 1. The van der Waals surface area contributed by atoms with Crippen molar-refractivity contribution < 1.29 is 9.53 Å². The van der Waals surface area contributed by atoms with Crippen LogP contribution in [0.15, 0.2) is 36.8 Å². The second-order valence-corrected chi connectivity index (χ2v) is 4.33. The minimum absolute atomic E-state index is 0.405. The summed E-state index contributed by atoms with van der Waals surface area (Å²) in [4.78, 5) is 16.1. The first-order chi connectivity index (χ1) is 9.72. The highest BCUT2D eigenvalue weighted by Crippen LogP contribution is 2.36. The molecule has 0 saturated carbocycles. The van der Waals surface area contributed by atoms with Gasteiger partial charge in [0.25, 0.3) is 0 Å². The van der Waals surface area contributed by atoms with Crippen LogP contribution in [-0.4, -0.2) is 38.3 Å². The van der Waals surface area contributed by atoms with E-state index in [4.69, 9.17) is 4.74 Å². The van der Waals surface area contributed by atoms with Gasteiger partial charge in [-0.15, -0.1) is 0 Å². The molecule has 102 valence electrons. The Bertz CT molecular complexity index is 653. The van der Waals surface area contributed by atoms with Gasteiger partial charge in [-0.25, -0.2) is 4.68 Å². The number of rotatable bonds is 2. The first kappa shape index (κ1) is 12.3. The van der Waals surface area contributed by atoms with E-state index in [-0.39, 0.29) is 0 Å². The van der Waals surface area contributed by atoms with Crippen LogP contribution in [0.4, 0.5) is 5.95 Å². The Balaban J connectivity index is 2.14. The molecule has 8 heteroatoms. The first-order valence-corrected chi connectivity index (χ1v) is 5.94. The van der Waals surface area contributed by atoms with E-state index in [0.29, 0.717) is 11.6 Å². The van der Waals surface area contributed by atoms with E-state index in [9.17, 15) is 4.79 Å². The maximum absolute atomic E-state index is 12.1. The maximum atomic E-state index is 12.1. The molecule has 2 aromatic heterocycles. The number of anilines is 1. The molecule has 0 aromatic carbocycles. The number of nitrogens with zero attached hydrogens (tertiary/aromatic N) is 5. The van der Waals surface area contributed by atoms with E-state index in [1.54, 1.807) is 18.5 Å². The smallest absolute Gasteiger partial charge is 0.317 e. The molecule has 0 radical (unpaired) electrons. The van der Waals surface area contributed by atoms with Gasteiger partial charge >= 0.3 is 5.97 Å². The third-order valence-corrected chi connectivity index (χ3v) is 3.20. The molecule has 3 heterocycles. The standard InChI is InChI=1S/C12H12N6O2/c1-7-9(11(19)20-2)10(8-4-3-5-13-6-8)18-12(14-7)15-16-17-18/h3-6,9-10H,1H2,2H3,(H,14,15,17). The molecule has 8 nitrogen and oxygen atoms in total. The molecule has 1 N–H and O–H groups in total. The molecule has 0 fully saturated rings. The molecular formula is C12H12N6O2. The van der Waals surface area contributed by atoms with Gasteiger partial charge < -0.3 is 10.1 Å². The summed E-state index contributed by atoms with van der Waals surface area (Å²) >= 11 is 0. The topological polar surface area (TPSA) is 94.8 Å². The fourth-order valence-corrected chi connectivity index (χ4v) is 2.30. The van der Waals surface area contributed by atoms with Gasteiger partial charge in [0, 0.05) is 18.1 Å². The Hall–Kier alpha value is -2.77. The van der Waals surface area contributed by atoms with Gasteiger partial charge in [-0.3, -0.25) is 9.78 Å². The molecule has 0 amide bonds. The second-order valence-electron chi connectivity index (χ2n) is 4.33. The molecule has 2 atom stereocenters. The molecule has 2 unspecified atom stereocenters. The van der Waals surface area contributed by atoms with Gasteiger partial charge in [0.1, 0.15) is 12.0 Å². The highest BCUT2D eigenvalue weighted by atomic mass is 16.5. The van der Waals surface area contributed by atoms with E-state index < -0.39 is 17.9 Å². The Morgan fingerprint density at radius 3 is 3.10 bits per heavy atom. The largest absolute Gasteiger partial charge is 0.468 e. The van der Waals surface area contributed by atoms with Crippen LogP contribution in [0.2, 0.25) is 0 Å². The SMILES string of the molecule is C=C1Nc2nnnn2C(c2cccnc2)C1C(=O)OC. The Kier molecular flexibility index (Phi) is 2.90. The van der Waals surface area contributed by atoms with Crippen LogP contribution in [0.25, 0.3) is 0 Å². The number of aromatic nitrogens is 5. The van der Waals surface area contributed by atoms with E-state index >= 15 is 0 Å². The Labute approximate surface area is 114 Å². The third-order valence-electron chi connectivity index (χ3n) is 3.20. The third kappa shape index (κ3) is 1.81. The van der Waals surface area contributed by atoms with Gasteiger partial charge in [0.05, 0.1) is 7.11 Å². The number of tetrazole rings is 1. The number of methoxy groups -OCH3 is 1. The number of carbonyl (C=O) groups is 1. The van der Waals surface area contributed by atoms with E-state index in [2.05, 4.69) is 32.4 Å². The average molecular weight is 272 g/mol. The van der Waals surface area contributed by atoms with Crippen LogP contribution in [0.3, 0.4) is 0 Å². The molecule has 20 heavy (non-hydrogen) atoms. The monoisotopic (exact) mass is 272 g/mol. The fraction of sp³-hybridized carbons (Fsp3) is 0.250. The zero-order chi connectivity index (χ0) is 14.1. The van der Waals surface area contributed by atoms with Gasteiger partial charge in [-0.1, -0.05) is 17.7 Å². The summed E-state index contributed by atoms with van der Waals surface area (Å²) in [6.07, 6.45) is 3.33. The molecule has 3 rings (SSSR count). The minimum atomic E-state index is -0.625. The number of pyridine rings is 1. The van der Waals surface area contributed by atoms with Crippen molar-refractivity contribution in [3.8, 4) is 0 Å². The summed E-state index contributed by atoms with van der Waals surface area (Å²) in [5, 5.41) is 14.3. The summed E-state index contributed by atoms with van der Waals surface area (Å²) in [6.45, 7) is 3.88. The van der Waals surface area contributed by atoms with Crippen LogP contribution in [-0.2, 0) is 9.53 Å². The number of fused-ring (bicyclic) bond motifs is 1. The molecule has 1 aliphatic rings. The molecule has 0 aliphatic carbocycles. The Morgan fingerprint density at radius 2 is 2.40 bits per heavy atom. The van der Waals surface area contributed by atoms with Crippen molar-refractivity contribution in [3.63, 3.8) is 0 Å². The highest BCUT2D eigenvalue weighted by Gasteiger charge is 2.40. The summed E-state index contributed by atoms with van der Waals surface area (Å²) in [5.74, 6) is -0.596. The predicted molar refractivity (Wildman–Crippen MR) is 68.5 cm³/mol. The lowest BCUT2D eigenvalue weighted by Gasteiger charge is -2.31. The number of nitrogens with one attached hydrogen (secondary N) is 1. The van der Waals surface area contributed by atoms with Gasteiger partial charge in [0.15, 0.2) is 0 Å². The number of hydrogen-bond acceptors (Lipinski definition) is 7. The lowest BCUT2D eigenvalue weighted by atomic mass is 9.90. The minimum Gasteiger partial charge on any atom is -0.468 e. The lowest BCUT2D eigenvalue weighted by molar-refractivity contribution is -0.145. The number of carbonyl (C=O) groups excluding carboxylic acids is 1. The zero-order valence-corrected chi connectivity index (χ0v) is 10.7. The first-order valence-electron chi connectivity index (χ1n) is 5.94. The van der Waals surface area contributed by atoms with Crippen LogP contribution < -0.4 is 5.32 Å². The van der Waals surface area contributed by atoms with E-state index in [1.807, 2.05) is 6.07 Å². The van der Waals surface area contributed by atoms with Crippen molar-refractivity contribution in [2.24, 2.45) is 5.92 Å².